The van der Waals surface area contributed by atoms with Crippen molar-refractivity contribution in [3.63, 3.8) is 0 Å². The van der Waals surface area contributed by atoms with E-state index in [1.54, 1.807) is 11.9 Å². The van der Waals surface area contributed by atoms with Crippen LogP contribution in [0.25, 0.3) is 0 Å². The maximum atomic E-state index is 12.3. The molecule has 6 nitrogen and oxygen atoms in total. The Labute approximate surface area is 145 Å². The van der Waals surface area contributed by atoms with Gasteiger partial charge >= 0.3 is 0 Å². The molecule has 0 radical (unpaired) electrons. The molecule has 2 N–H and O–H groups in total. The van der Waals surface area contributed by atoms with Crippen LogP contribution in [0.4, 0.5) is 5.69 Å². The Bertz CT molecular complexity index is 528. The number of hydrogen-bond donors (Lipinski definition) is 2. The minimum absolute atomic E-state index is 0.0101. The molecule has 2 amide bonds. The van der Waals surface area contributed by atoms with Gasteiger partial charge in [0, 0.05) is 39.9 Å². The van der Waals surface area contributed by atoms with Gasteiger partial charge in [-0.1, -0.05) is 19.1 Å². The summed E-state index contributed by atoms with van der Waals surface area (Å²) in [6, 6.07) is 8.16. The second-order valence-corrected chi connectivity index (χ2v) is 6.47. The third-order valence-corrected chi connectivity index (χ3v) is 3.79. The number of amides is 2. The van der Waals surface area contributed by atoms with Gasteiger partial charge in [-0.3, -0.25) is 9.59 Å². The Morgan fingerprint density at radius 2 is 1.71 bits per heavy atom. The van der Waals surface area contributed by atoms with E-state index in [1.165, 1.54) is 0 Å². The average molecular weight is 335 g/mol. The molecule has 0 saturated heterocycles. The maximum absolute atomic E-state index is 12.3. The highest BCUT2D eigenvalue weighted by Crippen LogP contribution is 2.13. The van der Waals surface area contributed by atoms with Gasteiger partial charge in [0.1, 0.15) is 0 Å². The molecule has 6 heteroatoms. The molecule has 24 heavy (non-hydrogen) atoms. The Hall–Kier alpha value is -2.08. The normalized spacial score (nSPS) is 11.7. The van der Waals surface area contributed by atoms with Crippen LogP contribution in [-0.4, -0.2) is 64.5 Å². The first kappa shape index (κ1) is 20.0. The first-order valence-corrected chi connectivity index (χ1v) is 8.41. The number of benzene rings is 1. The number of nitrogens with zero attached hydrogens (tertiary/aromatic N) is 2. The van der Waals surface area contributed by atoms with E-state index in [2.05, 4.69) is 5.32 Å². The molecule has 1 aromatic rings. The Kier molecular flexibility index (Phi) is 8.26. The van der Waals surface area contributed by atoms with Crippen molar-refractivity contribution in [2.24, 2.45) is 0 Å². The zero-order valence-electron chi connectivity index (χ0n) is 15.6. The van der Waals surface area contributed by atoms with E-state index >= 15 is 0 Å². The van der Waals surface area contributed by atoms with Crippen LogP contribution in [0, 0.1) is 0 Å². The van der Waals surface area contributed by atoms with Crippen molar-refractivity contribution in [2.45, 2.75) is 19.9 Å². The highest BCUT2D eigenvalue weighted by Gasteiger charge is 2.17. The molecule has 1 rings (SSSR count). The van der Waals surface area contributed by atoms with Crippen LogP contribution < -0.4 is 15.1 Å². The van der Waals surface area contributed by atoms with Gasteiger partial charge in [-0.05, 0) is 24.1 Å². The molecule has 0 bridgehead atoms. The monoisotopic (exact) mass is 335 g/mol. The predicted molar refractivity (Wildman–Crippen MR) is 97.2 cm³/mol. The fourth-order valence-corrected chi connectivity index (χ4v) is 2.32. The lowest BCUT2D eigenvalue weighted by Crippen LogP contribution is -3.11. The van der Waals surface area contributed by atoms with E-state index in [-0.39, 0.29) is 11.8 Å². The van der Waals surface area contributed by atoms with Gasteiger partial charge in [0.25, 0.3) is 11.8 Å². The zero-order chi connectivity index (χ0) is 18.1. The summed E-state index contributed by atoms with van der Waals surface area (Å²) in [6.45, 7) is 3.90. The third-order valence-electron chi connectivity index (χ3n) is 3.79. The third kappa shape index (κ3) is 7.00. The van der Waals surface area contributed by atoms with E-state index in [0.29, 0.717) is 26.2 Å². The largest absolute Gasteiger partial charge is 0.378 e. The van der Waals surface area contributed by atoms with Crippen molar-refractivity contribution < 1.29 is 14.5 Å². The van der Waals surface area contributed by atoms with Gasteiger partial charge in [-0.25, -0.2) is 0 Å². The first-order chi connectivity index (χ1) is 11.3. The highest BCUT2D eigenvalue weighted by molar-refractivity contribution is 5.78. The average Bonchev–Trinajstić information content (AvgIpc) is 2.53. The topological polar surface area (TPSA) is 57.1 Å². The van der Waals surface area contributed by atoms with E-state index in [4.69, 9.17) is 0 Å². The fraction of sp³-hybridized carbons (Fsp3) is 0.556. The van der Waals surface area contributed by atoms with Crippen molar-refractivity contribution in [3.05, 3.63) is 29.8 Å². The summed E-state index contributed by atoms with van der Waals surface area (Å²) in [4.78, 5) is 28.6. The number of carbonyl (C=O) groups is 2. The van der Waals surface area contributed by atoms with Crippen molar-refractivity contribution in [1.29, 1.82) is 0 Å². The first-order valence-electron chi connectivity index (χ1n) is 8.41. The predicted octanol–water partition coefficient (Wildman–Crippen LogP) is -0.248. The van der Waals surface area contributed by atoms with Crippen LogP contribution in [-0.2, 0) is 16.1 Å². The lowest BCUT2D eigenvalue weighted by atomic mass is 10.2. The molecular formula is C18H31N4O2+. The summed E-state index contributed by atoms with van der Waals surface area (Å²) < 4.78 is 0. The molecule has 0 heterocycles. The number of quaternary nitrogens is 1. The Morgan fingerprint density at radius 3 is 2.25 bits per heavy atom. The molecule has 134 valence electrons. The van der Waals surface area contributed by atoms with Crippen molar-refractivity contribution >= 4 is 17.5 Å². The zero-order valence-corrected chi connectivity index (χ0v) is 15.6. The van der Waals surface area contributed by atoms with E-state index in [9.17, 15) is 9.59 Å². The number of rotatable bonds is 9. The molecule has 0 spiro atoms. The summed E-state index contributed by atoms with van der Waals surface area (Å²) in [5.74, 6) is 0.0246. The minimum Gasteiger partial charge on any atom is -0.378 e. The van der Waals surface area contributed by atoms with Gasteiger partial charge in [0.05, 0.1) is 7.05 Å². The minimum atomic E-state index is -0.0101. The van der Waals surface area contributed by atoms with Crippen LogP contribution in [0.15, 0.2) is 24.3 Å². The smallest absolute Gasteiger partial charge is 0.277 e. The molecule has 1 atom stereocenters. The van der Waals surface area contributed by atoms with Crippen molar-refractivity contribution in [2.75, 3.05) is 52.7 Å². The molecule has 0 saturated carbocycles. The van der Waals surface area contributed by atoms with Gasteiger partial charge < -0.3 is 20.0 Å². The number of likely N-dealkylation sites (N-methyl/N-ethyl adjacent to an activating group) is 2. The van der Waals surface area contributed by atoms with Gasteiger partial charge in [-0.15, -0.1) is 0 Å². The number of hydrogen-bond acceptors (Lipinski definition) is 3. The van der Waals surface area contributed by atoms with E-state index in [1.807, 2.05) is 57.2 Å². The maximum Gasteiger partial charge on any atom is 0.277 e. The quantitative estimate of drug-likeness (QED) is 0.654. The fourth-order valence-electron chi connectivity index (χ4n) is 2.32. The van der Waals surface area contributed by atoms with Crippen LogP contribution in [0.2, 0.25) is 0 Å². The molecular weight excluding hydrogens is 304 g/mol. The molecule has 0 fully saturated rings. The van der Waals surface area contributed by atoms with Crippen LogP contribution >= 0.6 is 0 Å². The number of nitrogens with one attached hydrogen (secondary N) is 2. The molecule has 0 aliphatic rings. The lowest BCUT2D eigenvalue weighted by Gasteiger charge is -2.20. The summed E-state index contributed by atoms with van der Waals surface area (Å²) in [5.41, 5.74) is 2.23. The summed E-state index contributed by atoms with van der Waals surface area (Å²) in [6.07, 6.45) is 0.916. The van der Waals surface area contributed by atoms with Gasteiger partial charge in [0.15, 0.2) is 13.1 Å². The SMILES string of the molecule is CCCNC(=O)C[NH+](C)CC(=O)N(C)Cc1ccc(N(C)C)cc1. The Balaban J connectivity index is 2.45. The second kappa shape index (κ2) is 9.93. The molecule has 0 aliphatic carbocycles. The lowest BCUT2D eigenvalue weighted by molar-refractivity contribution is -0.863. The summed E-state index contributed by atoms with van der Waals surface area (Å²) >= 11 is 0. The van der Waals surface area contributed by atoms with Crippen LogP contribution in [0.1, 0.15) is 18.9 Å². The second-order valence-electron chi connectivity index (χ2n) is 6.47. The summed E-state index contributed by atoms with van der Waals surface area (Å²) in [5, 5.41) is 2.83. The van der Waals surface area contributed by atoms with Crippen LogP contribution in [0.5, 0.6) is 0 Å². The van der Waals surface area contributed by atoms with E-state index < -0.39 is 0 Å². The van der Waals surface area contributed by atoms with Crippen molar-refractivity contribution in [3.8, 4) is 0 Å². The standard InChI is InChI=1S/C18H30N4O2/c1-6-11-19-17(23)13-21(4)14-18(24)22(5)12-15-7-9-16(10-8-15)20(2)3/h7-10H,6,11-14H2,1-5H3,(H,19,23)/p+1. The Morgan fingerprint density at radius 1 is 1.08 bits per heavy atom. The summed E-state index contributed by atoms with van der Waals surface area (Å²) in [7, 11) is 7.66. The molecule has 0 aromatic heterocycles. The van der Waals surface area contributed by atoms with E-state index in [0.717, 1.165) is 22.6 Å². The van der Waals surface area contributed by atoms with Gasteiger partial charge in [-0.2, -0.15) is 0 Å². The van der Waals surface area contributed by atoms with Gasteiger partial charge in [0.2, 0.25) is 0 Å². The number of anilines is 1. The highest BCUT2D eigenvalue weighted by atomic mass is 16.2. The van der Waals surface area contributed by atoms with Crippen LogP contribution in [0.3, 0.4) is 0 Å². The molecule has 1 unspecified atom stereocenters. The molecule has 0 aliphatic heterocycles. The van der Waals surface area contributed by atoms with Crippen molar-refractivity contribution in [1.82, 2.24) is 10.2 Å². The number of carbonyl (C=O) groups excluding carboxylic acids is 2. The molecule has 1 aromatic carbocycles.